The van der Waals surface area contributed by atoms with Crippen molar-refractivity contribution < 1.29 is 0 Å². The second-order valence-electron chi connectivity index (χ2n) is 4.06. The van der Waals surface area contributed by atoms with E-state index in [1.54, 1.807) is 0 Å². The van der Waals surface area contributed by atoms with E-state index in [2.05, 4.69) is 31.4 Å². The number of nitrogens with one attached hydrogen (secondary N) is 2. The van der Waals surface area contributed by atoms with Crippen molar-refractivity contribution in [3.8, 4) is 0 Å². The summed E-state index contributed by atoms with van der Waals surface area (Å²) in [7, 11) is 0. The Morgan fingerprint density at radius 2 is 2.25 bits per heavy atom. The summed E-state index contributed by atoms with van der Waals surface area (Å²) in [5.41, 5.74) is 0. The zero-order valence-corrected chi connectivity index (χ0v) is 8.56. The van der Waals surface area contributed by atoms with Gasteiger partial charge in [0.2, 0.25) is 0 Å². The van der Waals surface area contributed by atoms with Gasteiger partial charge in [-0.3, -0.25) is 0 Å². The predicted octanol–water partition coefficient (Wildman–Crippen LogP) is 1.51. The van der Waals surface area contributed by atoms with Gasteiger partial charge in [-0.2, -0.15) is 0 Å². The maximum absolute atomic E-state index is 3.63. The van der Waals surface area contributed by atoms with E-state index in [0.717, 1.165) is 12.6 Å². The Hall–Kier alpha value is -0.0800. The van der Waals surface area contributed by atoms with E-state index in [-0.39, 0.29) is 0 Å². The molecule has 3 atom stereocenters. The average molecular weight is 170 g/mol. The SMILES string of the molecule is CCC(C)NC1CCC(C)NC1. The Balaban J connectivity index is 2.17. The van der Waals surface area contributed by atoms with Gasteiger partial charge in [-0.05, 0) is 33.1 Å². The smallest absolute Gasteiger partial charge is 0.0195 e. The van der Waals surface area contributed by atoms with Crippen LogP contribution in [0.15, 0.2) is 0 Å². The Kier molecular flexibility index (Phi) is 4.02. The Morgan fingerprint density at radius 3 is 2.75 bits per heavy atom. The van der Waals surface area contributed by atoms with Crippen molar-refractivity contribution >= 4 is 0 Å². The molecule has 1 saturated heterocycles. The van der Waals surface area contributed by atoms with Gasteiger partial charge in [0.05, 0.1) is 0 Å². The number of hydrogen-bond acceptors (Lipinski definition) is 2. The fourth-order valence-electron chi connectivity index (χ4n) is 1.66. The molecule has 1 aliphatic rings. The fraction of sp³-hybridized carbons (Fsp3) is 1.00. The van der Waals surface area contributed by atoms with Crippen LogP contribution in [-0.2, 0) is 0 Å². The van der Waals surface area contributed by atoms with E-state index in [1.807, 2.05) is 0 Å². The number of piperidine rings is 1. The normalized spacial score (nSPS) is 33.2. The molecule has 0 radical (unpaired) electrons. The summed E-state index contributed by atoms with van der Waals surface area (Å²) >= 11 is 0. The Labute approximate surface area is 76.1 Å². The number of rotatable bonds is 3. The molecular formula is C10H22N2. The Bertz CT molecular complexity index is 117. The summed E-state index contributed by atoms with van der Waals surface area (Å²) in [5.74, 6) is 0. The van der Waals surface area contributed by atoms with Gasteiger partial charge in [0, 0.05) is 24.7 Å². The maximum atomic E-state index is 3.63. The minimum atomic E-state index is 0.671. The molecule has 1 aliphatic heterocycles. The van der Waals surface area contributed by atoms with Crippen molar-refractivity contribution in [1.29, 1.82) is 0 Å². The van der Waals surface area contributed by atoms with Crippen LogP contribution in [0.1, 0.15) is 40.0 Å². The first kappa shape index (κ1) is 10.0. The van der Waals surface area contributed by atoms with Crippen molar-refractivity contribution in [2.45, 2.75) is 58.2 Å². The van der Waals surface area contributed by atoms with Crippen LogP contribution in [-0.4, -0.2) is 24.7 Å². The van der Waals surface area contributed by atoms with Crippen LogP contribution in [0.25, 0.3) is 0 Å². The highest BCUT2D eigenvalue weighted by molar-refractivity contribution is 4.80. The molecule has 1 heterocycles. The molecule has 2 nitrogen and oxygen atoms in total. The second-order valence-corrected chi connectivity index (χ2v) is 4.06. The first-order valence-electron chi connectivity index (χ1n) is 5.21. The summed E-state index contributed by atoms with van der Waals surface area (Å²) < 4.78 is 0. The highest BCUT2D eigenvalue weighted by Crippen LogP contribution is 2.08. The minimum Gasteiger partial charge on any atom is -0.313 e. The molecule has 2 N–H and O–H groups in total. The monoisotopic (exact) mass is 170 g/mol. The summed E-state index contributed by atoms with van der Waals surface area (Å²) in [6.45, 7) is 7.90. The molecule has 0 bridgehead atoms. The highest BCUT2D eigenvalue weighted by Gasteiger charge is 2.17. The standard InChI is InChI=1S/C10H22N2/c1-4-8(2)12-10-6-5-9(3)11-7-10/h8-12H,4-7H2,1-3H3. The predicted molar refractivity (Wildman–Crippen MR) is 53.4 cm³/mol. The minimum absolute atomic E-state index is 0.671. The molecule has 0 aliphatic carbocycles. The van der Waals surface area contributed by atoms with Gasteiger partial charge in [0.25, 0.3) is 0 Å². The van der Waals surface area contributed by atoms with Gasteiger partial charge in [-0.1, -0.05) is 6.92 Å². The highest BCUT2D eigenvalue weighted by atomic mass is 15.0. The molecule has 1 fully saturated rings. The van der Waals surface area contributed by atoms with Crippen molar-refractivity contribution in [2.75, 3.05) is 6.54 Å². The van der Waals surface area contributed by atoms with Gasteiger partial charge in [-0.15, -0.1) is 0 Å². The molecule has 0 amide bonds. The summed E-state index contributed by atoms with van der Waals surface area (Å²) in [6.07, 6.45) is 3.87. The van der Waals surface area contributed by atoms with Crippen LogP contribution in [0, 0.1) is 0 Å². The lowest BCUT2D eigenvalue weighted by Crippen LogP contribution is -2.49. The van der Waals surface area contributed by atoms with Crippen molar-refractivity contribution in [2.24, 2.45) is 0 Å². The zero-order chi connectivity index (χ0) is 8.97. The van der Waals surface area contributed by atoms with Crippen LogP contribution in [0.3, 0.4) is 0 Å². The molecular weight excluding hydrogens is 148 g/mol. The van der Waals surface area contributed by atoms with E-state index in [4.69, 9.17) is 0 Å². The van der Waals surface area contributed by atoms with Crippen molar-refractivity contribution in [3.63, 3.8) is 0 Å². The van der Waals surface area contributed by atoms with E-state index in [1.165, 1.54) is 19.3 Å². The quantitative estimate of drug-likeness (QED) is 0.671. The molecule has 72 valence electrons. The second kappa shape index (κ2) is 4.83. The zero-order valence-electron chi connectivity index (χ0n) is 8.56. The molecule has 0 aromatic heterocycles. The van der Waals surface area contributed by atoms with Crippen LogP contribution < -0.4 is 10.6 Å². The third-order valence-corrected chi connectivity index (χ3v) is 2.79. The third-order valence-electron chi connectivity index (χ3n) is 2.79. The molecule has 0 aromatic carbocycles. The Morgan fingerprint density at radius 1 is 1.50 bits per heavy atom. The van der Waals surface area contributed by atoms with Crippen LogP contribution in [0.5, 0.6) is 0 Å². The third kappa shape index (κ3) is 3.11. The maximum Gasteiger partial charge on any atom is 0.0195 e. The van der Waals surface area contributed by atoms with Crippen molar-refractivity contribution in [3.05, 3.63) is 0 Å². The molecule has 1 rings (SSSR count). The van der Waals surface area contributed by atoms with E-state index >= 15 is 0 Å². The lowest BCUT2D eigenvalue weighted by atomic mass is 10.0. The average Bonchev–Trinajstić information content (AvgIpc) is 2.09. The molecule has 12 heavy (non-hydrogen) atoms. The largest absolute Gasteiger partial charge is 0.313 e. The van der Waals surface area contributed by atoms with E-state index in [9.17, 15) is 0 Å². The lowest BCUT2D eigenvalue weighted by Gasteiger charge is -2.30. The van der Waals surface area contributed by atoms with Gasteiger partial charge in [-0.25, -0.2) is 0 Å². The van der Waals surface area contributed by atoms with Crippen LogP contribution in [0.4, 0.5) is 0 Å². The van der Waals surface area contributed by atoms with Crippen molar-refractivity contribution in [1.82, 2.24) is 10.6 Å². The molecule has 2 heteroatoms. The van der Waals surface area contributed by atoms with E-state index in [0.29, 0.717) is 12.1 Å². The van der Waals surface area contributed by atoms with Crippen LogP contribution >= 0.6 is 0 Å². The summed E-state index contributed by atoms with van der Waals surface area (Å²) in [5, 5.41) is 7.13. The molecule has 3 unspecified atom stereocenters. The summed E-state index contributed by atoms with van der Waals surface area (Å²) in [6, 6.07) is 2.10. The van der Waals surface area contributed by atoms with Gasteiger partial charge < -0.3 is 10.6 Å². The molecule has 0 aromatic rings. The molecule has 0 spiro atoms. The van der Waals surface area contributed by atoms with E-state index < -0.39 is 0 Å². The topological polar surface area (TPSA) is 24.1 Å². The molecule has 0 saturated carbocycles. The fourth-order valence-corrected chi connectivity index (χ4v) is 1.66. The van der Waals surface area contributed by atoms with Crippen LogP contribution in [0.2, 0.25) is 0 Å². The van der Waals surface area contributed by atoms with Gasteiger partial charge in [0.1, 0.15) is 0 Å². The van der Waals surface area contributed by atoms with Gasteiger partial charge >= 0.3 is 0 Å². The summed E-state index contributed by atoms with van der Waals surface area (Å²) in [4.78, 5) is 0. The lowest BCUT2D eigenvalue weighted by molar-refractivity contribution is 0.316. The van der Waals surface area contributed by atoms with Gasteiger partial charge in [0.15, 0.2) is 0 Å². The first-order valence-corrected chi connectivity index (χ1v) is 5.21. The first-order chi connectivity index (χ1) is 5.72. The number of hydrogen-bond donors (Lipinski definition) is 2.